The molecule has 0 aliphatic carbocycles. The van der Waals surface area contributed by atoms with Crippen molar-refractivity contribution in [1.29, 1.82) is 0 Å². The predicted octanol–water partition coefficient (Wildman–Crippen LogP) is 2.18. The van der Waals surface area contributed by atoms with Crippen molar-refractivity contribution in [2.45, 2.75) is 11.8 Å². The molecular formula is C15H11N2O5S2-. The number of anilines is 1. The van der Waals surface area contributed by atoms with Crippen LogP contribution in [0.5, 0.6) is 5.75 Å². The minimum atomic E-state index is -4.02. The summed E-state index contributed by atoms with van der Waals surface area (Å²) in [6, 6.07) is 7.76. The fourth-order valence-electron chi connectivity index (χ4n) is 2.16. The van der Waals surface area contributed by atoms with Crippen molar-refractivity contribution >= 4 is 43.2 Å². The number of nitrogens with one attached hydrogen (secondary N) is 1. The van der Waals surface area contributed by atoms with Gasteiger partial charge in [0, 0.05) is 0 Å². The second-order valence-electron chi connectivity index (χ2n) is 4.98. The molecule has 24 heavy (non-hydrogen) atoms. The molecule has 3 aromatic rings. The summed E-state index contributed by atoms with van der Waals surface area (Å²) in [5, 5.41) is 21.3. The van der Waals surface area contributed by atoms with E-state index in [0.717, 1.165) is 33.4 Å². The molecule has 0 amide bonds. The average molecular weight is 363 g/mol. The molecule has 0 atom stereocenters. The molecule has 2 N–H and O–H groups in total. The summed E-state index contributed by atoms with van der Waals surface area (Å²) >= 11 is 1.43. The molecule has 124 valence electrons. The van der Waals surface area contributed by atoms with Gasteiger partial charge in [0.15, 0.2) is 0 Å². The second kappa shape index (κ2) is 5.77. The van der Waals surface area contributed by atoms with Crippen LogP contribution in [0.2, 0.25) is 0 Å². The first-order chi connectivity index (χ1) is 11.3. The molecule has 9 heteroatoms. The normalized spacial score (nSPS) is 11.5. The standard InChI is InChI=1S/C15H12N2O5S2/c1-8-16-12-4-2-9(6-14(12)23-8)17-24(21,22)10-3-5-13(18)11(7-10)15(19)20/h2-7,17-18H,1H3,(H,19,20)/p-1. The summed E-state index contributed by atoms with van der Waals surface area (Å²) in [5.74, 6) is -2.22. The Kier molecular flexibility index (Phi) is 3.90. The largest absolute Gasteiger partial charge is 0.872 e. The maximum atomic E-state index is 12.4. The van der Waals surface area contributed by atoms with Crippen LogP contribution in [0.1, 0.15) is 15.4 Å². The number of carbonyl (C=O) groups is 1. The van der Waals surface area contributed by atoms with E-state index in [2.05, 4.69) is 9.71 Å². The fraction of sp³-hybridized carbons (Fsp3) is 0.0667. The Morgan fingerprint density at radius 2 is 2.00 bits per heavy atom. The number of sulfonamides is 1. The van der Waals surface area contributed by atoms with Gasteiger partial charge < -0.3 is 10.2 Å². The zero-order valence-corrected chi connectivity index (χ0v) is 13.9. The van der Waals surface area contributed by atoms with Crippen molar-refractivity contribution in [3.63, 3.8) is 0 Å². The molecule has 0 fully saturated rings. The number of carboxylic acids is 1. The van der Waals surface area contributed by atoms with Crippen LogP contribution in [-0.4, -0.2) is 24.5 Å². The smallest absolute Gasteiger partial charge is 0.335 e. The maximum absolute atomic E-state index is 12.4. The summed E-state index contributed by atoms with van der Waals surface area (Å²) in [7, 11) is -4.02. The van der Waals surface area contributed by atoms with E-state index >= 15 is 0 Å². The van der Waals surface area contributed by atoms with E-state index < -0.39 is 27.3 Å². The first kappa shape index (κ1) is 16.2. The maximum Gasteiger partial charge on any atom is 0.335 e. The Hall–Kier alpha value is -2.65. The van der Waals surface area contributed by atoms with Gasteiger partial charge in [-0.1, -0.05) is 11.8 Å². The van der Waals surface area contributed by atoms with Crippen molar-refractivity contribution < 1.29 is 23.4 Å². The molecule has 0 saturated carbocycles. The number of rotatable bonds is 4. The van der Waals surface area contributed by atoms with Gasteiger partial charge in [0.25, 0.3) is 10.0 Å². The lowest BCUT2D eigenvalue weighted by Gasteiger charge is -2.13. The molecule has 0 aliphatic heterocycles. The lowest BCUT2D eigenvalue weighted by molar-refractivity contribution is -0.268. The zero-order chi connectivity index (χ0) is 17.5. The molecule has 3 rings (SSSR count). The minimum absolute atomic E-state index is 0.292. The third-order valence-corrected chi connectivity index (χ3v) is 5.55. The highest BCUT2D eigenvalue weighted by Crippen LogP contribution is 2.27. The molecule has 0 aliphatic rings. The predicted molar refractivity (Wildman–Crippen MR) is 88.0 cm³/mol. The molecule has 0 bridgehead atoms. The Labute approximate surface area is 141 Å². The van der Waals surface area contributed by atoms with Gasteiger partial charge in [-0.05, 0) is 37.3 Å². The lowest BCUT2D eigenvalue weighted by Crippen LogP contribution is -2.14. The van der Waals surface area contributed by atoms with Crippen molar-refractivity contribution in [2.75, 3.05) is 4.72 Å². The molecule has 1 heterocycles. The van der Waals surface area contributed by atoms with Crippen LogP contribution in [-0.2, 0) is 10.0 Å². The quantitative estimate of drug-likeness (QED) is 0.733. The van der Waals surface area contributed by atoms with Gasteiger partial charge in [-0.2, -0.15) is 0 Å². The number of carboxylic acid groups (broad SMARTS) is 1. The highest BCUT2D eigenvalue weighted by Gasteiger charge is 2.17. The van der Waals surface area contributed by atoms with Crippen LogP contribution in [0, 0.1) is 6.92 Å². The van der Waals surface area contributed by atoms with Crippen LogP contribution < -0.4 is 9.83 Å². The second-order valence-corrected chi connectivity index (χ2v) is 7.90. The average Bonchev–Trinajstić information content (AvgIpc) is 2.86. The number of hydrogen-bond donors (Lipinski definition) is 2. The summed E-state index contributed by atoms with van der Waals surface area (Å²) in [6.45, 7) is 1.85. The summed E-state index contributed by atoms with van der Waals surface area (Å²) in [4.78, 5) is 15.0. The number of benzene rings is 2. The van der Waals surface area contributed by atoms with Gasteiger partial charge >= 0.3 is 5.97 Å². The Morgan fingerprint density at radius 3 is 2.71 bits per heavy atom. The van der Waals surface area contributed by atoms with Crippen molar-refractivity contribution in [3.05, 3.63) is 47.0 Å². The summed E-state index contributed by atoms with van der Waals surface area (Å²) in [6.07, 6.45) is 0. The Bertz CT molecular complexity index is 1060. The molecule has 0 unspecified atom stereocenters. The van der Waals surface area contributed by atoms with Crippen LogP contribution in [0.4, 0.5) is 5.69 Å². The van der Waals surface area contributed by atoms with E-state index in [4.69, 9.17) is 5.11 Å². The molecule has 1 aromatic heterocycles. The lowest BCUT2D eigenvalue weighted by atomic mass is 10.2. The number of aromatic nitrogens is 1. The Balaban J connectivity index is 1.98. The van der Waals surface area contributed by atoms with Crippen LogP contribution in [0.15, 0.2) is 41.3 Å². The Morgan fingerprint density at radius 1 is 1.25 bits per heavy atom. The van der Waals surface area contributed by atoms with Gasteiger partial charge in [0.2, 0.25) is 0 Å². The fourth-order valence-corrected chi connectivity index (χ4v) is 4.10. The monoisotopic (exact) mass is 363 g/mol. The van der Waals surface area contributed by atoms with E-state index in [1.807, 2.05) is 6.92 Å². The van der Waals surface area contributed by atoms with Gasteiger partial charge in [0.05, 0.1) is 31.4 Å². The molecule has 0 radical (unpaired) electrons. The van der Waals surface area contributed by atoms with Crippen molar-refractivity contribution in [3.8, 4) is 5.75 Å². The first-order valence-corrected chi connectivity index (χ1v) is 9.00. The first-order valence-electron chi connectivity index (χ1n) is 6.70. The highest BCUT2D eigenvalue weighted by atomic mass is 32.2. The van der Waals surface area contributed by atoms with E-state index in [1.165, 1.54) is 11.3 Å². The number of hydrogen-bond acceptors (Lipinski definition) is 6. The topological polar surface area (TPSA) is 119 Å². The van der Waals surface area contributed by atoms with Crippen molar-refractivity contribution in [1.82, 2.24) is 4.98 Å². The van der Waals surface area contributed by atoms with Gasteiger partial charge in [-0.15, -0.1) is 11.3 Å². The molecule has 7 nitrogen and oxygen atoms in total. The third kappa shape index (κ3) is 3.03. The van der Waals surface area contributed by atoms with Gasteiger partial charge in [0.1, 0.15) is 0 Å². The van der Waals surface area contributed by atoms with Crippen LogP contribution in [0.25, 0.3) is 10.2 Å². The molecule has 0 spiro atoms. The zero-order valence-electron chi connectivity index (χ0n) is 12.3. The highest BCUT2D eigenvalue weighted by molar-refractivity contribution is 7.92. The summed E-state index contributed by atoms with van der Waals surface area (Å²) < 4.78 is 28.0. The van der Waals surface area contributed by atoms with Crippen LogP contribution >= 0.6 is 11.3 Å². The van der Waals surface area contributed by atoms with Gasteiger partial charge in [-0.25, -0.2) is 18.2 Å². The van der Waals surface area contributed by atoms with Crippen molar-refractivity contribution in [2.24, 2.45) is 0 Å². The molecule has 0 saturated heterocycles. The minimum Gasteiger partial charge on any atom is -0.872 e. The van der Waals surface area contributed by atoms with E-state index in [9.17, 15) is 18.3 Å². The molecule has 2 aromatic carbocycles. The molecular weight excluding hydrogens is 352 g/mol. The SMILES string of the molecule is Cc1nc2ccc(NS(=O)(=O)c3ccc([O-])c(C(=O)O)c3)cc2s1. The number of thiazole rings is 1. The van der Waals surface area contributed by atoms with E-state index in [1.54, 1.807) is 18.2 Å². The number of nitrogens with zero attached hydrogens (tertiary/aromatic N) is 1. The van der Waals surface area contributed by atoms with E-state index in [-0.39, 0.29) is 4.90 Å². The van der Waals surface area contributed by atoms with Crippen LogP contribution in [0.3, 0.4) is 0 Å². The third-order valence-electron chi connectivity index (χ3n) is 3.24. The van der Waals surface area contributed by atoms with Gasteiger partial charge in [-0.3, -0.25) is 4.72 Å². The number of fused-ring (bicyclic) bond motifs is 1. The number of aryl methyl sites for hydroxylation is 1. The number of aromatic carboxylic acids is 1. The summed E-state index contributed by atoms with van der Waals surface area (Å²) in [5.41, 5.74) is 0.505. The van der Waals surface area contributed by atoms with E-state index in [0.29, 0.717) is 5.69 Å².